The molecule has 2 unspecified atom stereocenters. The Balaban J connectivity index is 1.83. The van der Waals surface area contributed by atoms with Crippen molar-refractivity contribution < 1.29 is 14.3 Å². The predicted octanol–water partition coefficient (Wildman–Crippen LogP) is 2.50. The quantitative estimate of drug-likeness (QED) is 0.780. The maximum Gasteiger partial charge on any atom is 0.257 e. The summed E-state index contributed by atoms with van der Waals surface area (Å²) in [5.41, 5.74) is 7.98. The average Bonchev–Trinajstić information content (AvgIpc) is 3.19. The molecule has 2 atom stereocenters. The molecule has 2 heterocycles. The Morgan fingerprint density at radius 3 is 2.41 bits per heavy atom. The first-order chi connectivity index (χ1) is 14.0. The van der Waals surface area contributed by atoms with Gasteiger partial charge in [0.15, 0.2) is 16.6 Å². The predicted molar refractivity (Wildman–Crippen MR) is 111 cm³/mol. The third kappa shape index (κ3) is 2.70. The van der Waals surface area contributed by atoms with Crippen LogP contribution in [0.1, 0.15) is 11.5 Å². The van der Waals surface area contributed by atoms with Crippen molar-refractivity contribution in [3.63, 3.8) is 0 Å². The molecule has 0 aliphatic carbocycles. The van der Waals surface area contributed by atoms with Gasteiger partial charge in [0.05, 0.1) is 37.5 Å². The largest absolute Gasteiger partial charge is 0.493 e. The van der Waals surface area contributed by atoms with E-state index in [-0.39, 0.29) is 16.8 Å². The van der Waals surface area contributed by atoms with Gasteiger partial charge in [0.2, 0.25) is 0 Å². The van der Waals surface area contributed by atoms with Crippen molar-refractivity contribution in [1.29, 1.82) is 5.26 Å². The van der Waals surface area contributed by atoms with Crippen molar-refractivity contribution in [2.45, 2.75) is 12.0 Å². The smallest absolute Gasteiger partial charge is 0.257 e. The molecule has 1 amide bonds. The van der Waals surface area contributed by atoms with Gasteiger partial charge in [-0.15, -0.1) is 0 Å². The molecule has 29 heavy (non-hydrogen) atoms. The maximum absolute atomic E-state index is 13.4. The van der Waals surface area contributed by atoms with Crippen molar-refractivity contribution in [3.05, 3.63) is 65.5 Å². The van der Waals surface area contributed by atoms with Crippen molar-refractivity contribution in [1.82, 2.24) is 4.90 Å². The fourth-order valence-electron chi connectivity index (χ4n) is 3.89. The van der Waals surface area contributed by atoms with Gasteiger partial charge in [0.1, 0.15) is 11.9 Å². The van der Waals surface area contributed by atoms with Crippen LogP contribution in [-0.4, -0.2) is 36.2 Å². The maximum atomic E-state index is 13.4. The molecule has 0 spiro atoms. The molecule has 0 saturated carbocycles. The minimum absolute atomic E-state index is 0.203. The highest BCUT2D eigenvalue weighted by molar-refractivity contribution is 7.80. The number of anilines is 1. The highest BCUT2D eigenvalue weighted by Gasteiger charge is 2.55. The molecule has 1 saturated heterocycles. The van der Waals surface area contributed by atoms with Gasteiger partial charge in [-0.2, -0.15) is 5.26 Å². The number of nitriles is 1. The summed E-state index contributed by atoms with van der Waals surface area (Å²) < 4.78 is 10.7. The van der Waals surface area contributed by atoms with E-state index in [9.17, 15) is 10.1 Å². The van der Waals surface area contributed by atoms with E-state index in [0.29, 0.717) is 22.8 Å². The van der Waals surface area contributed by atoms with Gasteiger partial charge < -0.3 is 15.2 Å². The zero-order valence-corrected chi connectivity index (χ0v) is 16.6. The van der Waals surface area contributed by atoms with E-state index in [1.807, 2.05) is 36.4 Å². The number of nitrogens with two attached hydrogens (primary N) is 1. The lowest BCUT2D eigenvalue weighted by molar-refractivity contribution is -0.119. The highest BCUT2D eigenvalue weighted by Crippen LogP contribution is 2.46. The van der Waals surface area contributed by atoms with E-state index in [0.717, 1.165) is 5.56 Å². The van der Waals surface area contributed by atoms with Crippen LogP contribution in [0.2, 0.25) is 0 Å². The van der Waals surface area contributed by atoms with E-state index in [1.165, 1.54) is 12.0 Å². The van der Waals surface area contributed by atoms with Crippen LogP contribution < -0.4 is 20.1 Å². The van der Waals surface area contributed by atoms with Crippen LogP contribution in [0.25, 0.3) is 0 Å². The zero-order valence-electron chi connectivity index (χ0n) is 15.8. The third-order valence-corrected chi connectivity index (χ3v) is 5.59. The molecule has 1 fully saturated rings. The van der Waals surface area contributed by atoms with Gasteiger partial charge in [-0.3, -0.25) is 14.6 Å². The topological polar surface area (TPSA) is 91.8 Å². The second-order valence-corrected chi connectivity index (χ2v) is 6.97. The Morgan fingerprint density at radius 1 is 1.10 bits per heavy atom. The number of hydrogen-bond donors (Lipinski definition) is 1. The SMILES string of the molecule is COc1ccc(C2C(C#N)=C(N)N3C(=S)N(c4ccccc4)C(=O)C23)cc1OC. The number of benzene rings is 2. The van der Waals surface area contributed by atoms with Crippen LogP contribution >= 0.6 is 12.2 Å². The molecule has 0 bridgehead atoms. The number of thiocarbonyl (C=S) groups is 1. The normalized spacial score (nSPS) is 20.7. The van der Waals surface area contributed by atoms with E-state index < -0.39 is 12.0 Å². The molecule has 2 N–H and O–H groups in total. The fraction of sp³-hybridized carbons (Fsp3) is 0.190. The second kappa shape index (κ2) is 7.11. The molecule has 2 aliphatic heterocycles. The summed E-state index contributed by atoms with van der Waals surface area (Å²) in [5.74, 6) is 0.468. The molecule has 2 aromatic carbocycles. The second-order valence-electron chi connectivity index (χ2n) is 6.61. The van der Waals surface area contributed by atoms with Crippen LogP contribution in [0.5, 0.6) is 11.5 Å². The summed E-state index contributed by atoms with van der Waals surface area (Å²) in [6.45, 7) is 0. The molecule has 4 rings (SSSR count). The standard InChI is InChI=1S/C21H18N4O3S/c1-27-15-9-8-12(10-16(15)28-2)17-14(11-22)19(23)25-18(17)20(26)24(21(25)29)13-6-4-3-5-7-13/h3-10,17-18H,23H2,1-2H3. The average molecular weight is 406 g/mol. The molecule has 0 radical (unpaired) electrons. The summed E-state index contributed by atoms with van der Waals surface area (Å²) in [6, 6.07) is 15.9. The summed E-state index contributed by atoms with van der Waals surface area (Å²) in [4.78, 5) is 16.5. The van der Waals surface area contributed by atoms with Gasteiger partial charge in [0.25, 0.3) is 5.91 Å². The molecule has 7 nitrogen and oxygen atoms in total. The van der Waals surface area contributed by atoms with Crippen molar-refractivity contribution in [2.75, 3.05) is 19.1 Å². The van der Waals surface area contributed by atoms with Gasteiger partial charge in [-0.1, -0.05) is 24.3 Å². The Bertz CT molecular complexity index is 1080. The first-order valence-electron chi connectivity index (χ1n) is 8.87. The number of carbonyl (C=O) groups excluding carboxylic acids is 1. The fourth-order valence-corrected chi connectivity index (χ4v) is 4.30. The van der Waals surface area contributed by atoms with Gasteiger partial charge in [-0.25, -0.2) is 0 Å². The van der Waals surface area contributed by atoms with Crippen LogP contribution in [-0.2, 0) is 4.79 Å². The first-order valence-corrected chi connectivity index (χ1v) is 9.28. The number of hydrogen-bond acceptors (Lipinski definition) is 6. The number of nitrogens with zero attached hydrogens (tertiary/aromatic N) is 3. The molecule has 0 aromatic heterocycles. The monoisotopic (exact) mass is 406 g/mol. The van der Waals surface area contributed by atoms with Crippen molar-refractivity contribution in [3.8, 4) is 17.6 Å². The molecule has 2 aliphatic rings. The van der Waals surface area contributed by atoms with Crippen LogP contribution in [0.15, 0.2) is 59.9 Å². The van der Waals surface area contributed by atoms with Gasteiger partial charge >= 0.3 is 0 Å². The Kier molecular flexibility index (Phi) is 4.60. The van der Waals surface area contributed by atoms with Crippen molar-refractivity contribution in [2.24, 2.45) is 5.73 Å². The summed E-state index contributed by atoms with van der Waals surface area (Å²) >= 11 is 5.57. The summed E-state index contributed by atoms with van der Waals surface area (Å²) in [5, 5.41) is 10.0. The lowest BCUT2D eigenvalue weighted by Gasteiger charge is -2.20. The molecule has 8 heteroatoms. The van der Waals surface area contributed by atoms with E-state index in [2.05, 4.69) is 6.07 Å². The van der Waals surface area contributed by atoms with Gasteiger partial charge in [-0.05, 0) is 42.0 Å². The minimum Gasteiger partial charge on any atom is -0.493 e. The van der Waals surface area contributed by atoms with Gasteiger partial charge in [0, 0.05) is 0 Å². The number of rotatable bonds is 4. The third-order valence-electron chi connectivity index (χ3n) is 5.21. The number of para-hydroxylation sites is 1. The molecular formula is C21H18N4O3S. The number of carbonyl (C=O) groups is 1. The molecule has 2 aromatic rings. The number of methoxy groups -OCH3 is 2. The first kappa shape index (κ1) is 18.8. The number of ether oxygens (including phenoxy) is 2. The Morgan fingerprint density at radius 2 is 1.79 bits per heavy atom. The molecule has 146 valence electrons. The lowest BCUT2D eigenvalue weighted by Crippen LogP contribution is -2.35. The Labute approximate surface area is 173 Å². The summed E-state index contributed by atoms with van der Waals surface area (Å²) in [6.07, 6.45) is 0. The Hall–Kier alpha value is -3.57. The van der Waals surface area contributed by atoms with Crippen LogP contribution in [0, 0.1) is 11.3 Å². The lowest BCUT2D eigenvalue weighted by atomic mass is 9.87. The number of amides is 1. The van der Waals surface area contributed by atoms with E-state index >= 15 is 0 Å². The van der Waals surface area contributed by atoms with Crippen LogP contribution in [0.3, 0.4) is 0 Å². The van der Waals surface area contributed by atoms with Crippen molar-refractivity contribution >= 4 is 28.9 Å². The minimum atomic E-state index is -0.726. The highest BCUT2D eigenvalue weighted by atomic mass is 32.1. The number of fused-ring (bicyclic) bond motifs is 1. The van der Waals surface area contributed by atoms with E-state index in [1.54, 1.807) is 24.1 Å². The van der Waals surface area contributed by atoms with E-state index in [4.69, 9.17) is 27.4 Å². The zero-order chi connectivity index (χ0) is 20.7. The van der Waals surface area contributed by atoms with Crippen LogP contribution in [0.4, 0.5) is 5.69 Å². The summed E-state index contributed by atoms with van der Waals surface area (Å²) in [7, 11) is 3.08. The molecular weight excluding hydrogens is 388 g/mol.